The predicted molar refractivity (Wildman–Crippen MR) is 141 cm³/mol. The Morgan fingerprint density at radius 2 is 1.03 bits per heavy atom. The highest BCUT2D eigenvalue weighted by molar-refractivity contribution is 5.95. The summed E-state index contributed by atoms with van der Waals surface area (Å²) in [5, 5.41) is 0. The Bertz CT molecular complexity index is 1690. The first-order chi connectivity index (χ1) is 16.8. The molecule has 5 heterocycles. The summed E-state index contributed by atoms with van der Waals surface area (Å²) in [7, 11) is 0. The molecule has 7 heteroatoms. The zero-order chi connectivity index (χ0) is 26.3. The summed E-state index contributed by atoms with van der Waals surface area (Å²) in [6.07, 6.45) is -4.60. The van der Waals surface area contributed by atoms with Gasteiger partial charge in [-0.15, -0.1) is 0 Å². The van der Waals surface area contributed by atoms with Gasteiger partial charge < -0.3 is 9.97 Å². The van der Waals surface area contributed by atoms with E-state index in [1.165, 1.54) is 0 Å². The van der Waals surface area contributed by atoms with E-state index in [4.69, 9.17) is 4.98 Å². The smallest absolute Gasteiger partial charge is 0.355 e. The lowest BCUT2D eigenvalue weighted by Crippen LogP contribution is -2.09. The summed E-state index contributed by atoms with van der Waals surface area (Å²) in [5.74, 6) is 0. The number of aromatic amines is 2. The maximum absolute atomic E-state index is 14.6. The van der Waals surface area contributed by atoms with Gasteiger partial charge in [-0.1, -0.05) is 0 Å². The standard InChI is InChI=1S/C29H29F3N4/c1-12-14(3)22-10-24-16(5)18(7)27(35-24)26(29(30,31)32)28-19(8)17(6)25(36-28)11-23-15(4)13(2)21(34-23)9-20(12)33-22/h9-11,33,35H,1-8H3. The lowest BCUT2D eigenvalue weighted by Gasteiger charge is -2.10. The van der Waals surface area contributed by atoms with Crippen LogP contribution in [0.4, 0.5) is 13.2 Å². The molecule has 0 saturated carbocycles. The highest BCUT2D eigenvalue weighted by Crippen LogP contribution is 2.42. The van der Waals surface area contributed by atoms with Crippen LogP contribution < -0.4 is 0 Å². The molecule has 3 aromatic rings. The number of rotatable bonds is 0. The highest BCUT2D eigenvalue weighted by Gasteiger charge is 2.38. The molecular formula is C29H29F3N4. The van der Waals surface area contributed by atoms with Gasteiger partial charge in [-0.05, 0) is 118 Å². The Morgan fingerprint density at radius 1 is 0.556 bits per heavy atom. The molecule has 0 saturated heterocycles. The number of hydrogen-bond acceptors (Lipinski definition) is 2. The van der Waals surface area contributed by atoms with E-state index in [2.05, 4.69) is 15.0 Å². The van der Waals surface area contributed by atoms with E-state index < -0.39 is 11.7 Å². The summed E-state index contributed by atoms with van der Waals surface area (Å²) < 4.78 is 43.9. The minimum atomic E-state index is -4.60. The van der Waals surface area contributed by atoms with Gasteiger partial charge in [0, 0.05) is 16.6 Å². The molecule has 36 heavy (non-hydrogen) atoms. The average molecular weight is 491 g/mol. The fraction of sp³-hybridized carbons (Fsp3) is 0.310. The van der Waals surface area contributed by atoms with Crippen molar-refractivity contribution in [3.05, 3.63) is 68.8 Å². The maximum atomic E-state index is 14.6. The number of allylic oxidation sites excluding steroid dienone is 4. The number of hydrogen-bond donors (Lipinski definition) is 2. The number of H-pyrrole nitrogens is 2. The largest absolute Gasteiger partial charge is 0.420 e. The molecule has 3 aromatic heterocycles. The Morgan fingerprint density at radius 3 is 1.64 bits per heavy atom. The maximum Gasteiger partial charge on any atom is 0.420 e. The van der Waals surface area contributed by atoms with Crippen LogP contribution in [0.3, 0.4) is 0 Å². The molecule has 2 aliphatic rings. The van der Waals surface area contributed by atoms with Gasteiger partial charge >= 0.3 is 6.18 Å². The third-order valence-corrected chi connectivity index (χ3v) is 7.96. The number of nitrogens with zero attached hydrogens (tertiary/aromatic N) is 2. The van der Waals surface area contributed by atoms with E-state index in [0.717, 1.165) is 50.1 Å². The molecule has 5 rings (SSSR count). The van der Waals surface area contributed by atoms with Gasteiger partial charge in [-0.3, -0.25) is 0 Å². The Hall–Kier alpha value is -3.61. The number of halogens is 3. The van der Waals surface area contributed by atoms with E-state index in [1.54, 1.807) is 19.9 Å². The fourth-order valence-electron chi connectivity index (χ4n) is 4.94. The first kappa shape index (κ1) is 24.1. The predicted octanol–water partition coefficient (Wildman–Crippen LogP) is 8.47. The van der Waals surface area contributed by atoms with Gasteiger partial charge in [0.2, 0.25) is 0 Å². The summed E-state index contributed by atoms with van der Waals surface area (Å²) in [6.45, 7) is 15.1. The van der Waals surface area contributed by atoms with Crippen molar-refractivity contribution in [1.82, 2.24) is 19.9 Å². The van der Waals surface area contributed by atoms with Crippen LogP contribution in [-0.4, -0.2) is 19.9 Å². The molecule has 8 bridgehead atoms. The molecule has 4 nitrogen and oxygen atoms in total. The van der Waals surface area contributed by atoms with Crippen LogP contribution in [0.2, 0.25) is 0 Å². The van der Waals surface area contributed by atoms with Gasteiger partial charge in [0.05, 0.1) is 28.3 Å². The lowest BCUT2D eigenvalue weighted by atomic mass is 10.0. The Kier molecular flexibility index (Phi) is 5.32. The van der Waals surface area contributed by atoms with Crippen LogP contribution in [-0.2, 0) is 6.18 Å². The molecule has 0 unspecified atom stereocenters. The first-order valence-corrected chi connectivity index (χ1v) is 11.9. The van der Waals surface area contributed by atoms with Gasteiger partial charge in [0.15, 0.2) is 0 Å². The van der Waals surface area contributed by atoms with Crippen LogP contribution in [0.15, 0.2) is 18.2 Å². The van der Waals surface area contributed by atoms with E-state index in [9.17, 15) is 13.2 Å². The second-order valence-corrected chi connectivity index (χ2v) is 9.90. The van der Waals surface area contributed by atoms with E-state index in [0.29, 0.717) is 28.0 Å². The summed E-state index contributed by atoms with van der Waals surface area (Å²) in [6, 6.07) is 5.74. The average Bonchev–Trinajstić information content (AvgIpc) is 3.42. The molecule has 0 fully saturated rings. The molecule has 0 spiro atoms. The van der Waals surface area contributed by atoms with Gasteiger partial charge in [-0.25, -0.2) is 9.97 Å². The zero-order valence-electron chi connectivity index (χ0n) is 21.8. The third kappa shape index (κ3) is 3.52. The van der Waals surface area contributed by atoms with E-state index in [1.807, 2.05) is 53.7 Å². The molecule has 2 aliphatic heterocycles. The Balaban J connectivity index is 2.08. The van der Waals surface area contributed by atoms with Crippen molar-refractivity contribution in [1.29, 1.82) is 0 Å². The molecule has 0 amide bonds. The third-order valence-electron chi connectivity index (χ3n) is 7.96. The van der Waals surface area contributed by atoms with Crippen LogP contribution in [0.5, 0.6) is 0 Å². The first-order valence-electron chi connectivity index (χ1n) is 11.9. The molecule has 0 radical (unpaired) electrons. The van der Waals surface area contributed by atoms with Gasteiger partial charge in [0.1, 0.15) is 5.56 Å². The monoisotopic (exact) mass is 490 g/mol. The topological polar surface area (TPSA) is 57.4 Å². The molecular weight excluding hydrogens is 461 g/mol. The molecule has 0 aliphatic carbocycles. The number of aryl methyl sites for hydroxylation is 4. The molecule has 2 N–H and O–H groups in total. The summed E-state index contributed by atoms with van der Waals surface area (Å²) >= 11 is 0. The van der Waals surface area contributed by atoms with Crippen LogP contribution in [0, 0.1) is 27.7 Å². The number of nitrogens with one attached hydrogen (secondary N) is 2. The van der Waals surface area contributed by atoms with E-state index in [-0.39, 0.29) is 11.2 Å². The number of alkyl halides is 3. The van der Waals surface area contributed by atoms with Gasteiger partial charge in [-0.2, -0.15) is 13.2 Å². The Labute approximate surface area is 208 Å². The molecule has 0 aromatic carbocycles. The quantitative estimate of drug-likeness (QED) is 0.332. The van der Waals surface area contributed by atoms with Crippen molar-refractivity contribution in [2.45, 2.75) is 61.6 Å². The fourth-order valence-corrected chi connectivity index (χ4v) is 4.94. The molecule has 0 atom stereocenters. The number of fused-ring (bicyclic) bond motifs is 8. The second-order valence-electron chi connectivity index (χ2n) is 9.90. The minimum absolute atomic E-state index is 0.0452. The highest BCUT2D eigenvalue weighted by atomic mass is 19.4. The van der Waals surface area contributed by atoms with Crippen molar-refractivity contribution >= 4 is 44.4 Å². The lowest BCUT2D eigenvalue weighted by molar-refractivity contribution is -0.136. The van der Waals surface area contributed by atoms with Crippen LogP contribution in [0.25, 0.3) is 44.4 Å². The van der Waals surface area contributed by atoms with Crippen molar-refractivity contribution in [2.75, 3.05) is 0 Å². The van der Waals surface area contributed by atoms with Crippen molar-refractivity contribution in [2.24, 2.45) is 0 Å². The zero-order valence-corrected chi connectivity index (χ0v) is 21.8. The summed E-state index contributed by atoms with van der Waals surface area (Å²) in [5.41, 5.74) is 10.4. The number of aromatic nitrogens is 4. The SMILES string of the molecule is CC1=C(C)c2cc3[nH]c(cc4[nH]c(c(C)c4C)c(C(F)(F)F)c4nc(cc1n2)C(C)=C4C)c(C)c3C. The van der Waals surface area contributed by atoms with Gasteiger partial charge in [0.25, 0.3) is 0 Å². The minimum Gasteiger partial charge on any atom is -0.355 e. The van der Waals surface area contributed by atoms with E-state index >= 15 is 0 Å². The van der Waals surface area contributed by atoms with Crippen LogP contribution >= 0.6 is 0 Å². The van der Waals surface area contributed by atoms with Crippen molar-refractivity contribution in [3.63, 3.8) is 0 Å². The van der Waals surface area contributed by atoms with Crippen molar-refractivity contribution in [3.8, 4) is 0 Å². The normalized spacial score (nSPS) is 14.3. The second kappa shape index (κ2) is 7.95. The summed E-state index contributed by atoms with van der Waals surface area (Å²) in [4.78, 5) is 15.9. The molecule has 186 valence electrons. The van der Waals surface area contributed by atoms with Crippen LogP contribution in [0.1, 0.15) is 78.3 Å². The van der Waals surface area contributed by atoms with Crippen molar-refractivity contribution < 1.29 is 13.2 Å².